The van der Waals surface area contributed by atoms with Crippen LogP contribution in [-0.4, -0.2) is 27.6 Å². The average molecular weight is 496 g/mol. The highest BCUT2D eigenvalue weighted by atomic mass is 19.4. The fraction of sp³-hybridized carbons (Fsp3) is 0.296. The summed E-state index contributed by atoms with van der Waals surface area (Å²) in [6, 6.07) is 16.1. The molecule has 0 saturated heterocycles. The van der Waals surface area contributed by atoms with Crippen molar-refractivity contribution in [2.75, 3.05) is 4.90 Å². The fourth-order valence-corrected chi connectivity index (χ4v) is 5.54. The summed E-state index contributed by atoms with van der Waals surface area (Å²) in [5.74, 6) is -2.15. The molecule has 6 nitrogen and oxygen atoms in total. The molecule has 0 fully saturated rings. The molecule has 1 aliphatic carbocycles. The van der Waals surface area contributed by atoms with Crippen molar-refractivity contribution in [3.8, 4) is 5.69 Å². The van der Waals surface area contributed by atoms with E-state index in [0.29, 0.717) is 5.69 Å². The lowest BCUT2D eigenvalue weighted by Crippen LogP contribution is -2.55. The van der Waals surface area contributed by atoms with Crippen LogP contribution in [0, 0.1) is 12.3 Å². The third-order valence-corrected chi connectivity index (χ3v) is 6.92. The molecular weight excluding hydrogens is 471 g/mol. The highest BCUT2D eigenvalue weighted by Gasteiger charge is 2.73. The lowest BCUT2D eigenvalue weighted by atomic mass is 9.66. The summed E-state index contributed by atoms with van der Waals surface area (Å²) in [5.41, 5.74) is -6.15. The van der Waals surface area contributed by atoms with Crippen molar-refractivity contribution in [3.63, 3.8) is 0 Å². The van der Waals surface area contributed by atoms with Gasteiger partial charge in [0, 0.05) is 29.1 Å². The Balaban J connectivity index is 1.88. The third kappa shape index (κ3) is 3.22. The Bertz CT molecular complexity index is 1470. The Morgan fingerprint density at radius 1 is 0.861 bits per heavy atom. The lowest BCUT2D eigenvalue weighted by Gasteiger charge is -2.35. The number of hydrogen-bond acceptors (Lipinski definition) is 3. The number of halogens is 3. The van der Waals surface area contributed by atoms with Gasteiger partial charge in [-0.1, -0.05) is 50.2 Å². The molecule has 1 atom stereocenters. The number of allylic oxidation sites excluding steroid dienone is 1. The summed E-state index contributed by atoms with van der Waals surface area (Å²) < 4.78 is 47.0. The number of ketones is 1. The summed E-state index contributed by atoms with van der Waals surface area (Å²) in [5, 5.41) is 2.70. The maximum Gasteiger partial charge on any atom is 0.411 e. The van der Waals surface area contributed by atoms with Gasteiger partial charge in [0.05, 0.1) is 11.3 Å². The van der Waals surface area contributed by atoms with Crippen LogP contribution >= 0.6 is 0 Å². The van der Waals surface area contributed by atoms with E-state index in [-0.39, 0.29) is 29.9 Å². The van der Waals surface area contributed by atoms with Gasteiger partial charge in [0.2, 0.25) is 5.41 Å². The van der Waals surface area contributed by atoms with Crippen LogP contribution in [-0.2, 0) is 15.0 Å². The number of hydrogen-bond donors (Lipinski definition) is 1. The Labute approximate surface area is 205 Å². The van der Waals surface area contributed by atoms with Crippen LogP contribution in [0.2, 0.25) is 0 Å². The van der Waals surface area contributed by atoms with E-state index in [0.717, 1.165) is 9.58 Å². The number of para-hydroxylation sites is 2. The van der Waals surface area contributed by atoms with Crippen LogP contribution in [0.15, 0.2) is 76.7 Å². The number of nitrogens with zero attached hydrogens (tertiary/aromatic N) is 2. The fourth-order valence-electron chi connectivity index (χ4n) is 5.54. The molecule has 1 aromatic heterocycles. The number of carbonyl (C=O) groups excluding carboxylic acids is 2. The number of nitrogens with one attached hydrogen (secondary N) is 1. The molecule has 1 N–H and O–H groups in total. The number of anilines is 1. The van der Waals surface area contributed by atoms with Crippen molar-refractivity contribution < 1.29 is 22.8 Å². The largest absolute Gasteiger partial charge is 0.411 e. The van der Waals surface area contributed by atoms with Crippen molar-refractivity contribution in [1.29, 1.82) is 0 Å². The second-order valence-corrected chi connectivity index (χ2v) is 10.1. The quantitative estimate of drug-likeness (QED) is 0.558. The number of Topliss-reactive ketones (excluding diaryl/α,β-unsaturated/α-hetero) is 1. The van der Waals surface area contributed by atoms with Gasteiger partial charge in [-0.15, -0.1) is 0 Å². The van der Waals surface area contributed by atoms with Gasteiger partial charge in [-0.05, 0) is 43.0 Å². The van der Waals surface area contributed by atoms with Crippen LogP contribution in [0.3, 0.4) is 0 Å². The molecule has 3 aromatic rings. The molecule has 186 valence electrons. The molecule has 1 amide bonds. The first-order chi connectivity index (χ1) is 16.9. The molecule has 2 heterocycles. The van der Waals surface area contributed by atoms with Gasteiger partial charge in [-0.2, -0.15) is 13.2 Å². The van der Waals surface area contributed by atoms with E-state index in [4.69, 9.17) is 0 Å². The third-order valence-electron chi connectivity index (χ3n) is 6.92. The molecule has 0 spiro atoms. The zero-order chi connectivity index (χ0) is 26.0. The summed E-state index contributed by atoms with van der Waals surface area (Å²) >= 11 is 0. The Hall–Kier alpha value is -3.88. The number of rotatable bonds is 3. The van der Waals surface area contributed by atoms with Gasteiger partial charge in [0.1, 0.15) is 0 Å². The molecule has 5 rings (SSSR count). The minimum atomic E-state index is -5.26. The number of carbonyl (C=O) groups is 2. The van der Waals surface area contributed by atoms with Gasteiger partial charge >= 0.3 is 6.18 Å². The van der Waals surface area contributed by atoms with E-state index in [9.17, 15) is 14.4 Å². The van der Waals surface area contributed by atoms with E-state index in [1.165, 1.54) is 19.1 Å². The minimum absolute atomic E-state index is 0.00367. The molecule has 2 aromatic carbocycles. The van der Waals surface area contributed by atoms with Gasteiger partial charge in [-0.25, -0.2) is 4.68 Å². The second kappa shape index (κ2) is 7.81. The Kier molecular flexibility index (Phi) is 5.17. The smallest absolute Gasteiger partial charge is 0.295 e. The van der Waals surface area contributed by atoms with Gasteiger partial charge < -0.3 is 0 Å². The molecule has 0 bridgehead atoms. The zero-order valence-electron chi connectivity index (χ0n) is 19.9. The number of aromatic nitrogens is 2. The molecule has 1 aliphatic heterocycles. The number of alkyl halides is 3. The predicted molar refractivity (Wildman–Crippen MR) is 128 cm³/mol. The first-order valence-corrected chi connectivity index (χ1v) is 11.5. The number of amides is 1. The summed E-state index contributed by atoms with van der Waals surface area (Å²) in [6.45, 7) is 4.87. The van der Waals surface area contributed by atoms with E-state index in [1.54, 1.807) is 62.4 Å². The molecular formula is C27H24F3N3O3. The van der Waals surface area contributed by atoms with E-state index in [2.05, 4.69) is 5.10 Å². The molecule has 0 unspecified atom stereocenters. The SMILES string of the molecule is Cc1[nH]n(-c2ccccc2)c(=O)c1[C@]1(C(F)(F)F)C(=O)N(c2ccccc2)C2=C1C(=O)CC(C)(C)C2. The molecule has 2 aliphatic rings. The van der Waals surface area contributed by atoms with Crippen LogP contribution < -0.4 is 10.5 Å². The Morgan fingerprint density at radius 3 is 1.97 bits per heavy atom. The van der Waals surface area contributed by atoms with Gasteiger partial charge in [0.15, 0.2) is 5.78 Å². The van der Waals surface area contributed by atoms with E-state index >= 15 is 13.2 Å². The molecule has 9 heteroatoms. The van der Waals surface area contributed by atoms with E-state index < -0.39 is 45.4 Å². The number of H-pyrrole nitrogens is 1. The first kappa shape index (κ1) is 23.8. The summed E-state index contributed by atoms with van der Waals surface area (Å²) in [6.07, 6.45) is -5.36. The summed E-state index contributed by atoms with van der Waals surface area (Å²) in [4.78, 5) is 42.2. The maximum absolute atomic E-state index is 15.4. The molecule has 0 saturated carbocycles. The average Bonchev–Trinajstić information content (AvgIpc) is 3.24. The highest BCUT2D eigenvalue weighted by molar-refractivity contribution is 6.20. The minimum Gasteiger partial charge on any atom is -0.295 e. The van der Waals surface area contributed by atoms with Crippen molar-refractivity contribution in [1.82, 2.24) is 9.78 Å². The van der Waals surface area contributed by atoms with Crippen LogP contribution in [0.5, 0.6) is 0 Å². The zero-order valence-corrected chi connectivity index (χ0v) is 19.9. The second-order valence-electron chi connectivity index (χ2n) is 10.1. The van der Waals surface area contributed by atoms with Gasteiger partial charge in [0.25, 0.3) is 11.5 Å². The number of aromatic amines is 1. The van der Waals surface area contributed by atoms with E-state index in [1.807, 2.05) is 0 Å². The van der Waals surface area contributed by atoms with Crippen LogP contribution in [0.4, 0.5) is 18.9 Å². The summed E-state index contributed by atoms with van der Waals surface area (Å²) in [7, 11) is 0. The van der Waals surface area contributed by atoms with Crippen molar-refractivity contribution in [2.45, 2.75) is 45.2 Å². The number of aryl methyl sites for hydroxylation is 1. The van der Waals surface area contributed by atoms with Crippen molar-refractivity contribution in [3.05, 3.63) is 93.5 Å². The monoisotopic (exact) mass is 495 g/mol. The number of benzene rings is 2. The van der Waals surface area contributed by atoms with Gasteiger partial charge in [-0.3, -0.25) is 24.4 Å². The van der Waals surface area contributed by atoms with Crippen molar-refractivity contribution in [2.24, 2.45) is 5.41 Å². The molecule has 36 heavy (non-hydrogen) atoms. The standard InChI is InChI=1S/C27H24F3N3O3/c1-16-21(23(35)33(31-16)18-12-8-5-9-13-18)26(27(28,29)30)22-19(14-25(2,3)15-20(22)34)32(24(26)36)17-10-6-4-7-11-17/h4-13,31H,14-15H2,1-3H3/t26-/m1/s1. The lowest BCUT2D eigenvalue weighted by molar-refractivity contribution is -0.184. The predicted octanol–water partition coefficient (Wildman–Crippen LogP) is 4.96. The highest BCUT2D eigenvalue weighted by Crippen LogP contribution is 2.58. The Morgan fingerprint density at radius 2 is 1.42 bits per heavy atom. The first-order valence-electron chi connectivity index (χ1n) is 11.5. The normalized spacial score (nSPS) is 21.8. The van der Waals surface area contributed by atoms with Crippen LogP contribution in [0.25, 0.3) is 5.69 Å². The van der Waals surface area contributed by atoms with Crippen molar-refractivity contribution >= 4 is 17.4 Å². The molecule has 0 radical (unpaired) electrons. The van der Waals surface area contributed by atoms with Crippen LogP contribution in [0.1, 0.15) is 37.9 Å². The maximum atomic E-state index is 15.4. The topological polar surface area (TPSA) is 75.2 Å².